The number of aldehydes is 1. The van der Waals surface area contributed by atoms with Crippen LogP contribution in [0.3, 0.4) is 0 Å². The second-order valence-electron chi connectivity index (χ2n) is 5.74. The van der Waals surface area contributed by atoms with Crippen LogP contribution in [0.2, 0.25) is 10.0 Å². The Balaban J connectivity index is 2.79. The maximum absolute atomic E-state index is 13.1. The summed E-state index contributed by atoms with van der Waals surface area (Å²) in [5.41, 5.74) is 1.09. The molecule has 2 rings (SSSR count). The Bertz CT molecular complexity index is 880. The summed E-state index contributed by atoms with van der Waals surface area (Å²) in [4.78, 5) is 23.8. The Morgan fingerprint density at radius 2 is 1.88 bits per heavy atom. The molecule has 0 saturated heterocycles. The van der Waals surface area contributed by atoms with Crippen molar-refractivity contribution in [2.24, 2.45) is 0 Å². The highest BCUT2D eigenvalue weighted by Gasteiger charge is 2.43. The van der Waals surface area contributed by atoms with Crippen molar-refractivity contribution in [1.29, 1.82) is 0 Å². The summed E-state index contributed by atoms with van der Waals surface area (Å²) in [6.07, 6.45) is 0.576. The van der Waals surface area contributed by atoms with Crippen molar-refractivity contribution in [3.63, 3.8) is 0 Å². The molecule has 0 aliphatic carbocycles. The lowest BCUT2D eigenvalue weighted by Crippen LogP contribution is -2.38. The summed E-state index contributed by atoms with van der Waals surface area (Å²) in [5, 5.41) is 0.713. The third-order valence-corrected chi connectivity index (χ3v) is 4.80. The van der Waals surface area contributed by atoms with Crippen molar-refractivity contribution >= 4 is 35.5 Å². The molecule has 1 atom stereocenters. The molecule has 0 heterocycles. The number of carbonyl (C=O) groups excluding carboxylic acids is 2. The van der Waals surface area contributed by atoms with Crippen LogP contribution in [-0.4, -0.2) is 18.9 Å². The van der Waals surface area contributed by atoms with Gasteiger partial charge in [-0.2, -0.15) is 0 Å². The molecular formula is C21H18Cl2O3. The van der Waals surface area contributed by atoms with E-state index in [2.05, 4.69) is 11.8 Å². The number of carbonyl (C=O) groups is 2. The molecule has 5 heteroatoms. The number of hydrogen-bond donors (Lipinski definition) is 0. The molecule has 0 aromatic heterocycles. The van der Waals surface area contributed by atoms with Crippen LogP contribution in [0.25, 0.3) is 0 Å². The maximum atomic E-state index is 13.1. The van der Waals surface area contributed by atoms with Crippen LogP contribution in [0.15, 0.2) is 42.5 Å². The van der Waals surface area contributed by atoms with E-state index in [1.165, 1.54) is 0 Å². The molecule has 0 spiro atoms. The van der Waals surface area contributed by atoms with E-state index in [4.69, 9.17) is 27.9 Å². The Labute approximate surface area is 163 Å². The minimum absolute atomic E-state index is 0.0754. The summed E-state index contributed by atoms with van der Waals surface area (Å²) < 4.78 is 5.39. The highest BCUT2D eigenvalue weighted by molar-refractivity contribution is 6.42. The molecule has 26 heavy (non-hydrogen) atoms. The van der Waals surface area contributed by atoms with E-state index < -0.39 is 11.4 Å². The van der Waals surface area contributed by atoms with Gasteiger partial charge in [0.05, 0.1) is 16.7 Å². The minimum atomic E-state index is -1.22. The fourth-order valence-electron chi connectivity index (χ4n) is 2.83. The van der Waals surface area contributed by atoms with Crippen molar-refractivity contribution in [1.82, 2.24) is 0 Å². The third kappa shape index (κ3) is 4.09. The second kappa shape index (κ2) is 8.89. The topological polar surface area (TPSA) is 43.4 Å². The lowest BCUT2D eigenvalue weighted by Gasteiger charge is -2.31. The normalized spacial score (nSPS) is 12.5. The highest BCUT2D eigenvalue weighted by Crippen LogP contribution is 2.39. The number of halogens is 2. The summed E-state index contributed by atoms with van der Waals surface area (Å²) in [7, 11) is 0. The van der Waals surface area contributed by atoms with Gasteiger partial charge in [0.2, 0.25) is 0 Å². The molecule has 0 amide bonds. The largest absolute Gasteiger partial charge is 0.465 e. The average Bonchev–Trinajstić information content (AvgIpc) is 2.61. The monoisotopic (exact) mass is 388 g/mol. The van der Waals surface area contributed by atoms with Crippen molar-refractivity contribution in [2.75, 3.05) is 6.61 Å². The highest BCUT2D eigenvalue weighted by atomic mass is 35.5. The van der Waals surface area contributed by atoms with Crippen LogP contribution in [0.4, 0.5) is 0 Å². The Kier molecular flexibility index (Phi) is 6.85. The molecule has 0 N–H and O–H groups in total. The quantitative estimate of drug-likeness (QED) is 0.421. The molecule has 0 bridgehead atoms. The van der Waals surface area contributed by atoms with E-state index in [1.807, 2.05) is 31.2 Å². The molecule has 2 aromatic carbocycles. The Morgan fingerprint density at radius 3 is 2.50 bits per heavy atom. The summed E-state index contributed by atoms with van der Waals surface area (Å²) >= 11 is 12.3. The van der Waals surface area contributed by atoms with Gasteiger partial charge in [0.15, 0.2) is 6.29 Å². The molecular weight excluding hydrogens is 371 g/mol. The van der Waals surface area contributed by atoms with Gasteiger partial charge in [-0.3, -0.25) is 9.59 Å². The van der Waals surface area contributed by atoms with Crippen molar-refractivity contribution in [3.05, 3.63) is 69.2 Å². The molecule has 0 saturated carbocycles. The predicted molar refractivity (Wildman–Crippen MR) is 104 cm³/mol. The first kappa shape index (κ1) is 20.0. The van der Waals surface area contributed by atoms with Gasteiger partial charge in [-0.15, -0.1) is 0 Å². The lowest BCUT2D eigenvalue weighted by atomic mass is 9.71. The van der Waals surface area contributed by atoms with E-state index in [0.29, 0.717) is 21.9 Å². The SMILES string of the molecule is CCOC(=O)C(CC#CC=O)(c1cccc(C)c1)c1ccc(Cl)c(Cl)c1. The van der Waals surface area contributed by atoms with Gasteiger partial charge >= 0.3 is 5.97 Å². The smallest absolute Gasteiger partial charge is 0.322 e. The van der Waals surface area contributed by atoms with Gasteiger partial charge in [0, 0.05) is 6.42 Å². The fraction of sp³-hybridized carbons (Fsp3) is 0.238. The van der Waals surface area contributed by atoms with E-state index in [1.54, 1.807) is 25.1 Å². The molecule has 3 nitrogen and oxygen atoms in total. The van der Waals surface area contributed by atoms with E-state index in [-0.39, 0.29) is 13.0 Å². The van der Waals surface area contributed by atoms with Crippen LogP contribution in [0.1, 0.15) is 30.0 Å². The van der Waals surface area contributed by atoms with E-state index in [0.717, 1.165) is 11.1 Å². The fourth-order valence-corrected chi connectivity index (χ4v) is 3.13. The number of benzene rings is 2. The number of rotatable bonds is 5. The van der Waals surface area contributed by atoms with Gasteiger partial charge in [-0.1, -0.05) is 65.0 Å². The third-order valence-electron chi connectivity index (χ3n) is 4.06. The zero-order chi connectivity index (χ0) is 19.2. The van der Waals surface area contributed by atoms with E-state index >= 15 is 0 Å². The van der Waals surface area contributed by atoms with Gasteiger partial charge < -0.3 is 4.74 Å². The van der Waals surface area contributed by atoms with Crippen LogP contribution < -0.4 is 0 Å². The first-order valence-electron chi connectivity index (χ1n) is 8.07. The Morgan fingerprint density at radius 1 is 1.15 bits per heavy atom. The number of aryl methyl sites for hydroxylation is 1. The van der Waals surface area contributed by atoms with Gasteiger partial charge in [-0.05, 0) is 43.0 Å². The lowest BCUT2D eigenvalue weighted by molar-refractivity contribution is -0.148. The number of hydrogen-bond acceptors (Lipinski definition) is 3. The molecule has 0 radical (unpaired) electrons. The number of ether oxygens (including phenoxy) is 1. The zero-order valence-corrected chi connectivity index (χ0v) is 16.0. The maximum Gasteiger partial charge on any atom is 0.322 e. The standard InChI is InChI=1S/C21H18Cl2O3/c1-3-26-20(25)21(11-4-5-12-24,16-8-6-7-15(2)13-16)17-9-10-18(22)19(23)14-17/h6-10,12-14H,3,11H2,1-2H3. The molecule has 0 fully saturated rings. The first-order valence-corrected chi connectivity index (χ1v) is 8.83. The summed E-state index contributed by atoms with van der Waals surface area (Å²) in [6, 6.07) is 12.6. The average molecular weight is 389 g/mol. The molecule has 1 unspecified atom stereocenters. The van der Waals surface area contributed by atoms with E-state index in [9.17, 15) is 9.59 Å². The van der Waals surface area contributed by atoms with Crippen LogP contribution in [0.5, 0.6) is 0 Å². The zero-order valence-electron chi connectivity index (χ0n) is 14.5. The Hall–Kier alpha value is -2.28. The van der Waals surface area contributed by atoms with Gasteiger partial charge in [-0.25, -0.2) is 0 Å². The first-order chi connectivity index (χ1) is 12.5. The number of esters is 1. The van der Waals surface area contributed by atoms with Crippen LogP contribution >= 0.6 is 23.2 Å². The summed E-state index contributed by atoms with van der Waals surface area (Å²) in [5.74, 6) is 4.70. The summed E-state index contributed by atoms with van der Waals surface area (Å²) in [6.45, 7) is 3.89. The van der Waals surface area contributed by atoms with Gasteiger partial charge in [0.25, 0.3) is 0 Å². The predicted octanol–water partition coefficient (Wildman–Crippen LogP) is 4.74. The van der Waals surface area contributed by atoms with Crippen LogP contribution in [0, 0.1) is 18.8 Å². The molecule has 0 aliphatic heterocycles. The minimum Gasteiger partial charge on any atom is -0.465 e. The van der Waals surface area contributed by atoms with Crippen molar-refractivity contribution in [2.45, 2.75) is 25.7 Å². The second-order valence-corrected chi connectivity index (χ2v) is 6.55. The van der Waals surface area contributed by atoms with Gasteiger partial charge in [0.1, 0.15) is 5.41 Å². The molecule has 134 valence electrons. The van der Waals surface area contributed by atoms with Crippen molar-refractivity contribution < 1.29 is 14.3 Å². The molecule has 0 aliphatic rings. The molecule has 2 aromatic rings. The van der Waals surface area contributed by atoms with Crippen molar-refractivity contribution in [3.8, 4) is 11.8 Å². The van der Waals surface area contributed by atoms with Crippen LogP contribution in [-0.2, 0) is 19.7 Å².